The van der Waals surface area contributed by atoms with Gasteiger partial charge in [-0.3, -0.25) is 9.78 Å². The molecule has 8 nitrogen and oxygen atoms in total. The van der Waals surface area contributed by atoms with E-state index in [1.54, 1.807) is 22.6 Å². The second-order valence-electron chi connectivity index (χ2n) is 8.04. The molecule has 1 aromatic carbocycles. The van der Waals surface area contributed by atoms with Gasteiger partial charge in [0, 0.05) is 38.7 Å². The van der Waals surface area contributed by atoms with Gasteiger partial charge < -0.3 is 9.88 Å². The van der Waals surface area contributed by atoms with Gasteiger partial charge in [-0.05, 0) is 49.6 Å². The highest BCUT2D eigenvalue weighted by atomic mass is 32.2. The third-order valence-corrected chi connectivity index (χ3v) is 7.61. The van der Waals surface area contributed by atoms with E-state index in [2.05, 4.69) is 21.8 Å². The van der Waals surface area contributed by atoms with Crippen molar-refractivity contribution in [3.8, 4) is 0 Å². The molecule has 0 bridgehead atoms. The van der Waals surface area contributed by atoms with E-state index in [1.807, 2.05) is 24.3 Å². The van der Waals surface area contributed by atoms with Gasteiger partial charge in [-0.25, -0.2) is 13.4 Å². The summed E-state index contributed by atoms with van der Waals surface area (Å²) in [5.74, 6) is 0.730. The zero-order chi connectivity index (χ0) is 22.6. The number of nitrogens with one attached hydrogen (secondary N) is 1. The number of amides is 1. The maximum absolute atomic E-state index is 12.9. The van der Waals surface area contributed by atoms with Gasteiger partial charge in [-0.15, -0.1) is 0 Å². The summed E-state index contributed by atoms with van der Waals surface area (Å²) in [4.78, 5) is 21.5. The van der Waals surface area contributed by atoms with Gasteiger partial charge in [-0.1, -0.05) is 13.0 Å². The van der Waals surface area contributed by atoms with Gasteiger partial charge in [0.1, 0.15) is 5.82 Å². The van der Waals surface area contributed by atoms with Gasteiger partial charge in [-0.2, -0.15) is 4.31 Å². The van der Waals surface area contributed by atoms with Crippen LogP contribution in [0.15, 0.2) is 47.5 Å². The van der Waals surface area contributed by atoms with Crippen molar-refractivity contribution in [2.45, 2.75) is 57.0 Å². The van der Waals surface area contributed by atoms with Crippen LogP contribution in [0.2, 0.25) is 0 Å². The Balaban J connectivity index is 1.50. The molecular weight excluding hydrogens is 426 g/mol. The van der Waals surface area contributed by atoms with Crippen LogP contribution in [0.1, 0.15) is 44.1 Å². The number of hydrogen-bond donors (Lipinski definition) is 1. The van der Waals surface area contributed by atoms with Crippen molar-refractivity contribution in [2.24, 2.45) is 0 Å². The fraction of sp³-hybridized carbons (Fsp3) is 0.435. The summed E-state index contributed by atoms with van der Waals surface area (Å²) in [5, 5.41) is 2.89. The summed E-state index contributed by atoms with van der Waals surface area (Å²) in [6.45, 7) is 4.39. The molecule has 1 fully saturated rings. The third kappa shape index (κ3) is 4.83. The average Bonchev–Trinajstić information content (AvgIpc) is 3.46. The second-order valence-corrected chi connectivity index (χ2v) is 9.98. The number of hydrogen-bond acceptors (Lipinski definition) is 5. The molecule has 9 heteroatoms. The Hall–Kier alpha value is -2.78. The lowest BCUT2D eigenvalue weighted by Gasteiger charge is -2.15. The fourth-order valence-corrected chi connectivity index (χ4v) is 5.60. The van der Waals surface area contributed by atoms with Crippen LogP contribution in [0.25, 0.3) is 11.0 Å². The van der Waals surface area contributed by atoms with E-state index in [1.165, 1.54) is 0 Å². The third-order valence-electron chi connectivity index (χ3n) is 5.72. The molecule has 1 aliphatic rings. The van der Waals surface area contributed by atoms with Crippen LogP contribution in [0.4, 0.5) is 0 Å². The van der Waals surface area contributed by atoms with Crippen LogP contribution in [0, 0.1) is 0 Å². The molecular formula is C23H29N5O3S. The number of aromatic nitrogens is 3. The summed E-state index contributed by atoms with van der Waals surface area (Å²) < 4.78 is 29.5. The summed E-state index contributed by atoms with van der Waals surface area (Å²) in [6.07, 6.45) is 5.21. The van der Waals surface area contributed by atoms with E-state index < -0.39 is 10.0 Å². The minimum Gasteiger partial charge on any atom is -0.350 e. The lowest BCUT2D eigenvalue weighted by molar-refractivity contribution is -0.121. The molecule has 1 aliphatic heterocycles. The number of rotatable bonds is 9. The predicted octanol–water partition coefficient (Wildman–Crippen LogP) is 2.87. The number of nitrogens with zero attached hydrogens (tertiary/aromatic N) is 4. The first-order valence-electron chi connectivity index (χ1n) is 11.1. The zero-order valence-corrected chi connectivity index (χ0v) is 19.1. The van der Waals surface area contributed by atoms with Crippen LogP contribution in [0.5, 0.6) is 0 Å². The van der Waals surface area contributed by atoms with E-state index in [4.69, 9.17) is 4.98 Å². The largest absolute Gasteiger partial charge is 0.350 e. The molecule has 1 saturated heterocycles. The van der Waals surface area contributed by atoms with E-state index in [9.17, 15) is 13.2 Å². The molecule has 3 heterocycles. The first-order valence-corrected chi connectivity index (χ1v) is 12.6. The highest BCUT2D eigenvalue weighted by molar-refractivity contribution is 7.89. The molecule has 170 valence electrons. The first kappa shape index (κ1) is 22.4. The maximum Gasteiger partial charge on any atom is 0.243 e. The van der Waals surface area contributed by atoms with Crippen molar-refractivity contribution in [1.29, 1.82) is 0 Å². The molecule has 4 rings (SSSR count). The molecule has 1 N–H and O–H groups in total. The van der Waals surface area contributed by atoms with Gasteiger partial charge in [0.15, 0.2) is 0 Å². The molecule has 3 aromatic rings. The average molecular weight is 456 g/mol. The predicted molar refractivity (Wildman–Crippen MR) is 122 cm³/mol. The molecule has 0 aliphatic carbocycles. The van der Waals surface area contributed by atoms with Crippen molar-refractivity contribution in [3.63, 3.8) is 0 Å². The van der Waals surface area contributed by atoms with Crippen LogP contribution in [0.3, 0.4) is 0 Å². The van der Waals surface area contributed by atoms with E-state index in [0.717, 1.165) is 42.8 Å². The Bertz CT molecular complexity index is 1190. The molecule has 1 amide bonds. The summed E-state index contributed by atoms with van der Waals surface area (Å²) in [6, 6.07) is 10.8. The van der Waals surface area contributed by atoms with Gasteiger partial charge >= 0.3 is 0 Å². The second kappa shape index (κ2) is 9.79. The summed E-state index contributed by atoms with van der Waals surface area (Å²) in [7, 11) is -3.49. The topological polar surface area (TPSA) is 97.2 Å². The summed E-state index contributed by atoms with van der Waals surface area (Å²) >= 11 is 0. The van der Waals surface area contributed by atoms with Crippen LogP contribution in [-0.2, 0) is 34.3 Å². The standard InChI is InChI=1S/C23H29N5O3S/c1-2-13-28-21-9-8-19(32(30,31)27-14-5-6-15-27)16-20(21)26-22(28)10-11-23(29)25-17-18-7-3-4-12-24-18/h3-4,7-9,12,16H,2,5-6,10-11,13-15,17H2,1H3,(H,25,29). The lowest BCUT2D eigenvalue weighted by atomic mass is 10.2. The highest BCUT2D eigenvalue weighted by Gasteiger charge is 2.27. The molecule has 0 spiro atoms. The number of aryl methyl sites for hydroxylation is 2. The number of benzene rings is 1. The van der Waals surface area contributed by atoms with Crippen molar-refractivity contribution in [1.82, 2.24) is 24.2 Å². The van der Waals surface area contributed by atoms with Gasteiger partial charge in [0.25, 0.3) is 0 Å². The van der Waals surface area contributed by atoms with Gasteiger partial charge in [0.05, 0.1) is 28.2 Å². The highest BCUT2D eigenvalue weighted by Crippen LogP contribution is 2.25. The zero-order valence-electron chi connectivity index (χ0n) is 18.3. The fourth-order valence-electron chi connectivity index (χ4n) is 4.07. The van der Waals surface area contributed by atoms with Crippen LogP contribution >= 0.6 is 0 Å². The molecule has 0 saturated carbocycles. The molecule has 0 radical (unpaired) electrons. The SMILES string of the molecule is CCCn1c(CCC(=O)NCc2ccccn2)nc2cc(S(=O)(=O)N3CCCC3)ccc21. The quantitative estimate of drug-likeness (QED) is 0.535. The van der Waals surface area contributed by atoms with E-state index in [0.29, 0.717) is 38.0 Å². The van der Waals surface area contributed by atoms with Gasteiger partial charge in [0.2, 0.25) is 15.9 Å². The monoisotopic (exact) mass is 455 g/mol. The number of imidazole rings is 1. The first-order chi connectivity index (χ1) is 15.5. The van der Waals surface area contributed by atoms with Crippen LogP contribution in [-0.4, -0.2) is 46.3 Å². The molecule has 32 heavy (non-hydrogen) atoms. The minimum atomic E-state index is -3.49. The molecule has 0 atom stereocenters. The number of carbonyl (C=O) groups is 1. The van der Waals surface area contributed by atoms with Crippen molar-refractivity contribution >= 4 is 27.0 Å². The lowest BCUT2D eigenvalue weighted by Crippen LogP contribution is -2.27. The van der Waals surface area contributed by atoms with E-state index >= 15 is 0 Å². The maximum atomic E-state index is 12.9. The number of fused-ring (bicyclic) bond motifs is 1. The Kier molecular flexibility index (Phi) is 6.86. The number of sulfonamides is 1. The normalized spacial score (nSPS) is 14.8. The van der Waals surface area contributed by atoms with Crippen molar-refractivity contribution in [2.75, 3.05) is 13.1 Å². The Labute approximate surface area is 188 Å². The minimum absolute atomic E-state index is 0.0666. The Morgan fingerprint density at radius 3 is 2.69 bits per heavy atom. The van der Waals surface area contributed by atoms with Crippen LogP contribution < -0.4 is 5.32 Å². The van der Waals surface area contributed by atoms with Crippen molar-refractivity contribution < 1.29 is 13.2 Å². The van der Waals surface area contributed by atoms with Crippen molar-refractivity contribution in [3.05, 3.63) is 54.1 Å². The Morgan fingerprint density at radius 2 is 1.97 bits per heavy atom. The number of carbonyl (C=O) groups excluding carboxylic acids is 1. The molecule has 0 unspecified atom stereocenters. The van der Waals surface area contributed by atoms with E-state index in [-0.39, 0.29) is 10.8 Å². The number of pyridine rings is 1. The molecule has 2 aromatic heterocycles. The Morgan fingerprint density at radius 1 is 1.16 bits per heavy atom. The summed E-state index contributed by atoms with van der Waals surface area (Å²) in [5.41, 5.74) is 2.37. The smallest absolute Gasteiger partial charge is 0.243 e.